The SMILES string of the molecule is CCCC(=O)NCC(=O)c1ccc(OC)c(F)c1. The summed E-state index contributed by atoms with van der Waals surface area (Å²) >= 11 is 0. The van der Waals surface area contributed by atoms with Crippen molar-refractivity contribution in [3.05, 3.63) is 29.6 Å². The van der Waals surface area contributed by atoms with Gasteiger partial charge in [0.1, 0.15) is 0 Å². The van der Waals surface area contributed by atoms with Gasteiger partial charge in [0, 0.05) is 12.0 Å². The Morgan fingerprint density at radius 1 is 1.39 bits per heavy atom. The molecule has 4 nitrogen and oxygen atoms in total. The third kappa shape index (κ3) is 3.84. The van der Waals surface area contributed by atoms with E-state index in [0.29, 0.717) is 6.42 Å². The number of hydrogen-bond donors (Lipinski definition) is 1. The molecule has 1 rings (SSSR count). The lowest BCUT2D eigenvalue weighted by Crippen LogP contribution is -2.29. The van der Waals surface area contributed by atoms with Gasteiger partial charge >= 0.3 is 0 Å². The molecule has 0 atom stereocenters. The zero-order valence-corrected chi connectivity index (χ0v) is 10.5. The number of nitrogens with one attached hydrogen (secondary N) is 1. The predicted octanol–water partition coefficient (Wildman–Crippen LogP) is 1.93. The zero-order chi connectivity index (χ0) is 13.5. The maximum atomic E-state index is 13.4. The van der Waals surface area contributed by atoms with Crippen molar-refractivity contribution in [3.63, 3.8) is 0 Å². The maximum absolute atomic E-state index is 13.4. The van der Waals surface area contributed by atoms with E-state index in [2.05, 4.69) is 5.32 Å². The monoisotopic (exact) mass is 253 g/mol. The number of carbonyl (C=O) groups is 2. The first kappa shape index (κ1) is 14.2. The van der Waals surface area contributed by atoms with Crippen molar-refractivity contribution in [2.45, 2.75) is 19.8 Å². The number of carbonyl (C=O) groups excluding carboxylic acids is 2. The first-order valence-electron chi connectivity index (χ1n) is 5.72. The molecule has 1 aromatic carbocycles. The van der Waals surface area contributed by atoms with Crippen molar-refractivity contribution in [3.8, 4) is 5.75 Å². The van der Waals surface area contributed by atoms with Gasteiger partial charge in [-0.25, -0.2) is 4.39 Å². The Kier molecular flexibility index (Phi) is 5.30. The van der Waals surface area contributed by atoms with Crippen LogP contribution in [0.25, 0.3) is 0 Å². The molecule has 0 spiro atoms. The second-order valence-electron chi connectivity index (χ2n) is 3.80. The second-order valence-corrected chi connectivity index (χ2v) is 3.80. The molecule has 0 bridgehead atoms. The smallest absolute Gasteiger partial charge is 0.220 e. The summed E-state index contributed by atoms with van der Waals surface area (Å²) in [5.41, 5.74) is 0.213. The van der Waals surface area contributed by atoms with Gasteiger partial charge < -0.3 is 10.1 Å². The summed E-state index contributed by atoms with van der Waals surface area (Å²) in [5.74, 6) is -1.02. The van der Waals surface area contributed by atoms with Crippen LogP contribution in [0.2, 0.25) is 0 Å². The van der Waals surface area contributed by atoms with Gasteiger partial charge in [-0.2, -0.15) is 0 Å². The number of ketones is 1. The van der Waals surface area contributed by atoms with E-state index in [-0.39, 0.29) is 29.5 Å². The fourth-order valence-electron chi connectivity index (χ4n) is 1.44. The van der Waals surface area contributed by atoms with Gasteiger partial charge in [-0.1, -0.05) is 6.92 Å². The third-order valence-corrected chi connectivity index (χ3v) is 2.40. The molecular weight excluding hydrogens is 237 g/mol. The molecule has 5 heteroatoms. The first-order chi connectivity index (χ1) is 8.58. The lowest BCUT2D eigenvalue weighted by Gasteiger charge is -2.06. The zero-order valence-electron chi connectivity index (χ0n) is 10.5. The van der Waals surface area contributed by atoms with Gasteiger partial charge in [0.05, 0.1) is 13.7 Å². The van der Waals surface area contributed by atoms with E-state index in [9.17, 15) is 14.0 Å². The molecule has 1 aromatic rings. The van der Waals surface area contributed by atoms with Gasteiger partial charge in [-0.3, -0.25) is 9.59 Å². The number of rotatable bonds is 6. The Morgan fingerprint density at radius 2 is 2.11 bits per heavy atom. The van der Waals surface area contributed by atoms with E-state index in [0.717, 1.165) is 12.5 Å². The number of benzene rings is 1. The average Bonchev–Trinajstić information content (AvgIpc) is 2.36. The highest BCUT2D eigenvalue weighted by atomic mass is 19.1. The molecule has 1 amide bonds. The van der Waals surface area contributed by atoms with Gasteiger partial charge in [0.15, 0.2) is 17.3 Å². The molecule has 0 aliphatic carbocycles. The summed E-state index contributed by atoms with van der Waals surface area (Å²) in [6, 6.07) is 3.96. The molecular formula is C13H16FNO3. The van der Waals surface area contributed by atoms with Crippen LogP contribution in [-0.2, 0) is 4.79 Å². The molecule has 0 aliphatic heterocycles. The van der Waals surface area contributed by atoms with Crippen molar-refractivity contribution in [2.75, 3.05) is 13.7 Å². The highest BCUT2D eigenvalue weighted by molar-refractivity contribution is 5.99. The van der Waals surface area contributed by atoms with E-state index >= 15 is 0 Å². The molecule has 1 N–H and O–H groups in total. The minimum absolute atomic E-state index is 0.0848. The van der Waals surface area contributed by atoms with Crippen molar-refractivity contribution < 1.29 is 18.7 Å². The summed E-state index contributed by atoms with van der Waals surface area (Å²) in [6.45, 7) is 1.75. The summed E-state index contributed by atoms with van der Waals surface area (Å²) < 4.78 is 18.1. The molecule has 0 fully saturated rings. The van der Waals surface area contributed by atoms with Crippen LogP contribution in [0.4, 0.5) is 4.39 Å². The van der Waals surface area contributed by atoms with Crippen LogP contribution in [0.15, 0.2) is 18.2 Å². The largest absolute Gasteiger partial charge is 0.494 e. The van der Waals surface area contributed by atoms with E-state index < -0.39 is 5.82 Å². The van der Waals surface area contributed by atoms with Gasteiger partial charge in [-0.15, -0.1) is 0 Å². The van der Waals surface area contributed by atoms with Crippen LogP contribution in [0.1, 0.15) is 30.1 Å². The fourth-order valence-corrected chi connectivity index (χ4v) is 1.44. The van der Waals surface area contributed by atoms with Crippen LogP contribution in [-0.4, -0.2) is 25.3 Å². The predicted molar refractivity (Wildman–Crippen MR) is 65.2 cm³/mol. The standard InChI is InChI=1S/C13H16FNO3/c1-3-4-13(17)15-8-11(16)9-5-6-12(18-2)10(14)7-9/h5-7H,3-4,8H2,1-2H3,(H,15,17). The third-order valence-electron chi connectivity index (χ3n) is 2.40. The summed E-state index contributed by atoms with van der Waals surface area (Å²) in [6.07, 6.45) is 1.10. The lowest BCUT2D eigenvalue weighted by molar-refractivity contribution is -0.120. The van der Waals surface area contributed by atoms with Crippen LogP contribution in [0.5, 0.6) is 5.75 Å². The van der Waals surface area contributed by atoms with Gasteiger partial charge in [0.2, 0.25) is 5.91 Å². The number of amides is 1. The molecule has 0 heterocycles. The molecule has 0 saturated heterocycles. The number of Topliss-reactive ketones (excluding diaryl/α,β-unsaturated/α-hetero) is 1. The molecule has 0 saturated carbocycles. The molecule has 0 aromatic heterocycles. The normalized spacial score (nSPS) is 9.94. The Morgan fingerprint density at radius 3 is 2.67 bits per heavy atom. The Hall–Kier alpha value is -1.91. The summed E-state index contributed by atoms with van der Waals surface area (Å²) in [7, 11) is 1.35. The Balaban J connectivity index is 2.62. The fraction of sp³-hybridized carbons (Fsp3) is 0.385. The number of halogens is 1. The van der Waals surface area contributed by atoms with Crippen LogP contribution in [0.3, 0.4) is 0 Å². The van der Waals surface area contributed by atoms with E-state index in [4.69, 9.17) is 4.74 Å². The number of hydrogen-bond acceptors (Lipinski definition) is 3. The van der Waals surface area contributed by atoms with Crippen LogP contribution in [0, 0.1) is 5.82 Å². The van der Waals surface area contributed by atoms with E-state index in [1.54, 1.807) is 0 Å². The molecule has 18 heavy (non-hydrogen) atoms. The van der Waals surface area contributed by atoms with E-state index in [1.807, 2.05) is 6.92 Å². The highest BCUT2D eigenvalue weighted by Crippen LogP contribution is 2.17. The summed E-state index contributed by atoms with van der Waals surface area (Å²) in [5, 5.41) is 2.49. The molecule has 0 unspecified atom stereocenters. The minimum Gasteiger partial charge on any atom is -0.494 e. The number of ether oxygens (including phenoxy) is 1. The van der Waals surface area contributed by atoms with Crippen LogP contribution >= 0.6 is 0 Å². The Bertz CT molecular complexity index is 446. The van der Waals surface area contributed by atoms with Crippen molar-refractivity contribution in [1.29, 1.82) is 0 Å². The Labute approximate surface area is 105 Å². The average molecular weight is 253 g/mol. The number of methoxy groups -OCH3 is 1. The maximum Gasteiger partial charge on any atom is 0.220 e. The van der Waals surface area contributed by atoms with Gasteiger partial charge in [0.25, 0.3) is 0 Å². The van der Waals surface area contributed by atoms with Crippen molar-refractivity contribution in [2.24, 2.45) is 0 Å². The summed E-state index contributed by atoms with van der Waals surface area (Å²) in [4.78, 5) is 22.9. The van der Waals surface area contributed by atoms with Crippen LogP contribution < -0.4 is 10.1 Å². The molecule has 0 radical (unpaired) electrons. The van der Waals surface area contributed by atoms with E-state index in [1.165, 1.54) is 19.2 Å². The highest BCUT2D eigenvalue weighted by Gasteiger charge is 2.11. The quantitative estimate of drug-likeness (QED) is 0.788. The van der Waals surface area contributed by atoms with Crippen molar-refractivity contribution >= 4 is 11.7 Å². The lowest BCUT2D eigenvalue weighted by atomic mass is 10.1. The molecule has 98 valence electrons. The first-order valence-corrected chi connectivity index (χ1v) is 5.72. The topological polar surface area (TPSA) is 55.4 Å². The molecule has 0 aliphatic rings. The van der Waals surface area contributed by atoms with Gasteiger partial charge in [-0.05, 0) is 24.6 Å². The second kappa shape index (κ2) is 6.74. The van der Waals surface area contributed by atoms with Crippen molar-refractivity contribution in [1.82, 2.24) is 5.32 Å². The minimum atomic E-state index is -0.594.